The molecule has 3 rings (SSSR count). The first-order chi connectivity index (χ1) is 13.6. The van der Waals surface area contributed by atoms with Gasteiger partial charge in [0.05, 0.1) is 38.5 Å². The summed E-state index contributed by atoms with van der Waals surface area (Å²) in [6.07, 6.45) is 1.49. The van der Waals surface area contributed by atoms with E-state index in [0.29, 0.717) is 16.9 Å². The highest BCUT2D eigenvalue weighted by Gasteiger charge is 2.18. The Kier molecular flexibility index (Phi) is 5.90. The molecule has 0 bridgehead atoms. The van der Waals surface area contributed by atoms with E-state index in [2.05, 4.69) is 10.4 Å². The highest BCUT2D eigenvalue weighted by atomic mass is 16.5. The zero-order chi connectivity index (χ0) is 20.1. The number of carbonyl (C=O) groups excluding carboxylic acids is 1. The third-order valence-corrected chi connectivity index (χ3v) is 4.38. The Morgan fingerprint density at radius 2 is 1.93 bits per heavy atom. The quantitative estimate of drug-likeness (QED) is 0.637. The molecule has 0 aliphatic rings. The van der Waals surface area contributed by atoms with Gasteiger partial charge < -0.3 is 19.9 Å². The molecule has 0 radical (unpaired) electrons. The van der Waals surface area contributed by atoms with Crippen molar-refractivity contribution in [3.05, 3.63) is 64.6 Å². The van der Waals surface area contributed by atoms with Gasteiger partial charge in [-0.1, -0.05) is 30.3 Å². The van der Waals surface area contributed by atoms with Crippen molar-refractivity contribution >= 4 is 16.7 Å². The van der Waals surface area contributed by atoms with Crippen molar-refractivity contribution in [3.63, 3.8) is 0 Å². The number of nitrogens with one attached hydrogen (secondary N) is 1. The summed E-state index contributed by atoms with van der Waals surface area (Å²) in [7, 11) is 2.93. The summed E-state index contributed by atoms with van der Waals surface area (Å²) < 4.78 is 11.6. The minimum Gasteiger partial charge on any atom is -0.493 e. The second kappa shape index (κ2) is 8.53. The lowest BCUT2D eigenvalue weighted by Gasteiger charge is -2.17. The monoisotopic (exact) mass is 383 g/mol. The standard InChI is InChI=1S/C20H21N3O5/c1-27-16-9-8-14-10-21-23(20(26)18(14)19(16)28-2)11-17(25)22-15(12-24)13-6-4-3-5-7-13/h3-10,15,24H,11-12H2,1-2H3,(H,22,25)/t15-/m0/s1. The molecule has 0 unspecified atom stereocenters. The number of aliphatic hydroxyl groups excluding tert-OH is 1. The Morgan fingerprint density at radius 1 is 1.18 bits per heavy atom. The van der Waals surface area contributed by atoms with Gasteiger partial charge in [0.15, 0.2) is 11.5 Å². The fourth-order valence-electron chi connectivity index (χ4n) is 2.99. The molecule has 0 aliphatic heterocycles. The van der Waals surface area contributed by atoms with Crippen LogP contribution in [-0.2, 0) is 11.3 Å². The van der Waals surface area contributed by atoms with Crippen molar-refractivity contribution in [3.8, 4) is 11.5 Å². The first kappa shape index (κ1) is 19.4. The van der Waals surface area contributed by atoms with Gasteiger partial charge in [-0.3, -0.25) is 9.59 Å². The largest absolute Gasteiger partial charge is 0.493 e. The van der Waals surface area contributed by atoms with E-state index in [1.165, 1.54) is 20.4 Å². The van der Waals surface area contributed by atoms with Gasteiger partial charge in [-0.25, -0.2) is 4.68 Å². The Labute approximate surface area is 161 Å². The van der Waals surface area contributed by atoms with Gasteiger partial charge in [-0.2, -0.15) is 5.10 Å². The number of fused-ring (bicyclic) bond motifs is 1. The van der Waals surface area contributed by atoms with E-state index in [0.717, 1.165) is 10.2 Å². The van der Waals surface area contributed by atoms with E-state index in [1.807, 2.05) is 18.2 Å². The van der Waals surface area contributed by atoms with Crippen LogP contribution in [0.5, 0.6) is 11.5 Å². The van der Waals surface area contributed by atoms with E-state index in [1.54, 1.807) is 24.3 Å². The second-order valence-corrected chi connectivity index (χ2v) is 6.09. The number of benzene rings is 2. The van der Waals surface area contributed by atoms with Crippen LogP contribution >= 0.6 is 0 Å². The van der Waals surface area contributed by atoms with Gasteiger partial charge in [-0.15, -0.1) is 0 Å². The van der Waals surface area contributed by atoms with Crippen LogP contribution < -0.4 is 20.3 Å². The zero-order valence-corrected chi connectivity index (χ0v) is 15.6. The SMILES string of the molecule is COc1ccc2cnn(CC(=O)N[C@@H](CO)c3ccccc3)c(=O)c2c1OC. The van der Waals surface area contributed by atoms with Crippen molar-refractivity contribution < 1.29 is 19.4 Å². The molecule has 0 saturated heterocycles. The fraction of sp³-hybridized carbons (Fsp3) is 0.250. The summed E-state index contributed by atoms with van der Waals surface area (Å²) in [6, 6.07) is 11.9. The number of aromatic nitrogens is 2. The molecule has 8 nitrogen and oxygen atoms in total. The summed E-state index contributed by atoms with van der Waals surface area (Å²) in [5, 5.41) is 17.2. The summed E-state index contributed by atoms with van der Waals surface area (Å²) in [4.78, 5) is 25.3. The van der Waals surface area contributed by atoms with Gasteiger partial charge in [0.1, 0.15) is 6.54 Å². The lowest BCUT2D eigenvalue weighted by atomic mass is 10.1. The zero-order valence-electron chi connectivity index (χ0n) is 15.6. The number of carbonyl (C=O) groups is 1. The predicted octanol–water partition coefficient (Wildman–Crippen LogP) is 1.26. The van der Waals surface area contributed by atoms with Crippen LogP contribution in [0.3, 0.4) is 0 Å². The van der Waals surface area contributed by atoms with Crippen LogP contribution in [0.25, 0.3) is 10.8 Å². The highest BCUT2D eigenvalue weighted by Crippen LogP contribution is 2.32. The van der Waals surface area contributed by atoms with Crippen LogP contribution in [0.15, 0.2) is 53.5 Å². The number of hydrogen-bond acceptors (Lipinski definition) is 6. The number of methoxy groups -OCH3 is 2. The average Bonchev–Trinajstić information content (AvgIpc) is 2.73. The van der Waals surface area contributed by atoms with Gasteiger partial charge in [0.25, 0.3) is 5.56 Å². The molecule has 0 aliphatic carbocycles. The number of hydrogen-bond donors (Lipinski definition) is 2. The van der Waals surface area contributed by atoms with E-state index >= 15 is 0 Å². The number of ether oxygens (including phenoxy) is 2. The number of nitrogens with zero attached hydrogens (tertiary/aromatic N) is 2. The second-order valence-electron chi connectivity index (χ2n) is 6.09. The molecule has 28 heavy (non-hydrogen) atoms. The number of amides is 1. The normalized spacial score (nSPS) is 11.8. The average molecular weight is 383 g/mol. The molecular weight excluding hydrogens is 362 g/mol. The number of rotatable bonds is 7. The summed E-state index contributed by atoms with van der Waals surface area (Å²) in [5.41, 5.74) is 0.298. The maximum atomic E-state index is 12.9. The van der Waals surface area contributed by atoms with E-state index in [-0.39, 0.29) is 18.5 Å². The lowest BCUT2D eigenvalue weighted by molar-refractivity contribution is -0.123. The van der Waals surface area contributed by atoms with Crippen LogP contribution in [0, 0.1) is 0 Å². The molecule has 0 fully saturated rings. The van der Waals surface area contributed by atoms with Crippen LogP contribution in [0.4, 0.5) is 0 Å². The predicted molar refractivity (Wildman–Crippen MR) is 104 cm³/mol. The molecular formula is C20H21N3O5. The molecule has 1 heterocycles. The minimum atomic E-state index is -0.570. The van der Waals surface area contributed by atoms with Crippen molar-refractivity contribution in [2.75, 3.05) is 20.8 Å². The van der Waals surface area contributed by atoms with Gasteiger partial charge in [-0.05, 0) is 17.7 Å². The molecule has 8 heteroatoms. The third-order valence-electron chi connectivity index (χ3n) is 4.38. The maximum Gasteiger partial charge on any atom is 0.279 e. The van der Waals surface area contributed by atoms with Crippen LogP contribution in [-0.4, -0.2) is 41.6 Å². The molecule has 0 spiro atoms. The summed E-state index contributed by atoms with van der Waals surface area (Å²) >= 11 is 0. The van der Waals surface area contributed by atoms with E-state index in [4.69, 9.17) is 9.47 Å². The first-order valence-corrected chi connectivity index (χ1v) is 8.65. The van der Waals surface area contributed by atoms with Gasteiger partial charge in [0.2, 0.25) is 5.91 Å². The van der Waals surface area contributed by atoms with Crippen molar-refractivity contribution in [1.29, 1.82) is 0 Å². The Hall–Kier alpha value is -3.39. The molecule has 2 aromatic carbocycles. The number of aliphatic hydroxyl groups is 1. The lowest BCUT2D eigenvalue weighted by Crippen LogP contribution is -2.37. The molecule has 1 amide bonds. The maximum absolute atomic E-state index is 12.9. The van der Waals surface area contributed by atoms with Gasteiger partial charge in [0, 0.05) is 5.39 Å². The van der Waals surface area contributed by atoms with Crippen molar-refractivity contribution in [2.45, 2.75) is 12.6 Å². The van der Waals surface area contributed by atoms with Crippen LogP contribution in [0.1, 0.15) is 11.6 Å². The van der Waals surface area contributed by atoms with Crippen LogP contribution in [0.2, 0.25) is 0 Å². The Balaban J connectivity index is 1.89. The highest BCUT2D eigenvalue weighted by molar-refractivity contribution is 5.89. The summed E-state index contributed by atoms with van der Waals surface area (Å²) in [6.45, 7) is -0.556. The molecule has 1 aromatic heterocycles. The van der Waals surface area contributed by atoms with E-state index in [9.17, 15) is 14.7 Å². The van der Waals surface area contributed by atoms with Crippen molar-refractivity contribution in [2.24, 2.45) is 0 Å². The van der Waals surface area contributed by atoms with Gasteiger partial charge >= 0.3 is 0 Å². The smallest absolute Gasteiger partial charge is 0.279 e. The molecule has 0 saturated carbocycles. The molecule has 146 valence electrons. The molecule has 1 atom stereocenters. The summed E-state index contributed by atoms with van der Waals surface area (Å²) in [5.74, 6) is 0.261. The van der Waals surface area contributed by atoms with E-state index < -0.39 is 17.5 Å². The third kappa shape index (κ3) is 3.81. The Bertz CT molecular complexity index is 1030. The first-order valence-electron chi connectivity index (χ1n) is 8.65. The fourth-order valence-corrected chi connectivity index (χ4v) is 2.99. The molecule has 3 aromatic rings. The Morgan fingerprint density at radius 3 is 2.57 bits per heavy atom. The van der Waals surface area contributed by atoms with Crippen molar-refractivity contribution in [1.82, 2.24) is 15.1 Å². The topological polar surface area (TPSA) is 103 Å². The molecule has 2 N–H and O–H groups in total. The minimum absolute atomic E-state index is 0.263.